The molecule has 4 rings (SSSR count). The van der Waals surface area contributed by atoms with Gasteiger partial charge in [-0.2, -0.15) is 0 Å². The van der Waals surface area contributed by atoms with E-state index in [4.69, 9.17) is 4.74 Å². The summed E-state index contributed by atoms with van der Waals surface area (Å²) in [5.74, 6) is 1.58. The molecule has 0 radical (unpaired) electrons. The van der Waals surface area contributed by atoms with Crippen LogP contribution in [-0.4, -0.2) is 32.6 Å². The van der Waals surface area contributed by atoms with Crippen molar-refractivity contribution < 1.29 is 4.74 Å². The van der Waals surface area contributed by atoms with E-state index in [2.05, 4.69) is 44.7 Å². The molecule has 6 heteroatoms. The fraction of sp³-hybridized carbons (Fsp3) is 0.400. The number of fused-ring (bicyclic) bond motifs is 1. The lowest BCUT2D eigenvalue weighted by Crippen LogP contribution is -2.29. The number of rotatable bonds is 6. The fourth-order valence-electron chi connectivity index (χ4n) is 3.45. The molecule has 0 spiro atoms. The highest BCUT2D eigenvalue weighted by atomic mass is 32.1. The van der Waals surface area contributed by atoms with E-state index in [1.807, 2.05) is 41.9 Å². The minimum atomic E-state index is 0.440. The molecule has 0 bridgehead atoms. The van der Waals surface area contributed by atoms with Crippen LogP contribution in [0, 0.1) is 12.8 Å². The van der Waals surface area contributed by atoms with E-state index < -0.39 is 0 Å². The topological polar surface area (TPSA) is 43.2 Å². The normalized spacial score (nSPS) is 17.8. The number of aromatic nitrogens is 3. The molecular formula is C20H24N4OS. The van der Waals surface area contributed by atoms with Gasteiger partial charge in [0, 0.05) is 53.9 Å². The first-order valence-electron chi connectivity index (χ1n) is 9.01. The van der Waals surface area contributed by atoms with Crippen molar-refractivity contribution in [3.05, 3.63) is 70.2 Å². The maximum Gasteiger partial charge on any atom is 0.122 e. The Morgan fingerprint density at radius 3 is 2.92 bits per heavy atom. The SMILES string of the molecule is Cc1ccc(CN2Cc3nccn3C[C@@H](COCc3ccccn3)C2)s1. The second-order valence-corrected chi connectivity index (χ2v) is 8.25. The first-order chi connectivity index (χ1) is 12.8. The zero-order valence-electron chi connectivity index (χ0n) is 15.0. The Kier molecular flexibility index (Phi) is 5.43. The van der Waals surface area contributed by atoms with Crippen LogP contribution in [0.4, 0.5) is 0 Å². The molecule has 5 nitrogen and oxygen atoms in total. The highest BCUT2D eigenvalue weighted by Gasteiger charge is 2.23. The van der Waals surface area contributed by atoms with Crippen molar-refractivity contribution in [3.8, 4) is 0 Å². The lowest BCUT2D eigenvalue weighted by Gasteiger charge is -2.23. The molecule has 26 heavy (non-hydrogen) atoms. The molecule has 0 N–H and O–H groups in total. The van der Waals surface area contributed by atoms with Crippen LogP contribution in [0.25, 0.3) is 0 Å². The summed E-state index contributed by atoms with van der Waals surface area (Å²) in [5, 5.41) is 0. The second kappa shape index (κ2) is 8.12. The third-order valence-electron chi connectivity index (χ3n) is 4.64. The van der Waals surface area contributed by atoms with Gasteiger partial charge in [-0.25, -0.2) is 4.98 Å². The minimum absolute atomic E-state index is 0.440. The molecule has 136 valence electrons. The standard InChI is InChI=1S/C20H24N4OS/c1-16-5-6-19(26-16)12-23-10-17(11-24-9-8-22-20(24)13-23)14-25-15-18-4-2-3-7-21-18/h2-9,17H,10-15H2,1H3/t17-/m0/s1. The summed E-state index contributed by atoms with van der Waals surface area (Å²) in [6, 6.07) is 10.4. The van der Waals surface area contributed by atoms with E-state index in [1.54, 1.807) is 0 Å². The smallest absolute Gasteiger partial charge is 0.122 e. The van der Waals surface area contributed by atoms with Crippen LogP contribution in [0.1, 0.15) is 21.3 Å². The molecule has 0 aliphatic carbocycles. The fourth-order valence-corrected chi connectivity index (χ4v) is 4.39. The van der Waals surface area contributed by atoms with E-state index in [0.29, 0.717) is 12.5 Å². The highest BCUT2D eigenvalue weighted by molar-refractivity contribution is 7.11. The molecule has 1 aliphatic rings. The summed E-state index contributed by atoms with van der Waals surface area (Å²) in [5.41, 5.74) is 0.982. The summed E-state index contributed by atoms with van der Waals surface area (Å²) in [7, 11) is 0. The second-order valence-electron chi connectivity index (χ2n) is 6.88. The van der Waals surface area contributed by atoms with Gasteiger partial charge in [0.15, 0.2) is 0 Å². The molecule has 0 saturated carbocycles. The first kappa shape index (κ1) is 17.4. The summed E-state index contributed by atoms with van der Waals surface area (Å²) in [6.45, 7) is 7.30. The lowest BCUT2D eigenvalue weighted by molar-refractivity contribution is 0.0650. The lowest BCUT2D eigenvalue weighted by atomic mass is 10.1. The Balaban J connectivity index is 1.40. The maximum atomic E-state index is 5.99. The van der Waals surface area contributed by atoms with Gasteiger partial charge in [-0.1, -0.05) is 6.07 Å². The number of aryl methyl sites for hydroxylation is 1. The van der Waals surface area contributed by atoms with Gasteiger partial charge in [0.25, 0.3) is 0 Å². The van der Waals surface area contributed by atoms with Crippen molar-refractivity contribution in [1.29, 1.82) is 0 Å². The van der Waals surface area contributed by atoms with E-state index in [-0.39, 0.29) is 0 Å². The molecule has 3 aromatic rings. The summed E-state index contributed by atoms with van der Waals surface area (Å²) in [6.07, 6.45) is 5.80. The van der Waals surface area contributed by atoms with Gasteiger partial charge in [-0.05, 0) is 31.2 Å². The van der Waals surface area contributed by atoms with Gasteiger partial charge in [-0.15, -0.1) is 11.3 Å². The molecule has 3 aromatic heterocycles. The van der Waals surface area contributed by atoms with Crippen LogP contribution < -0.4 is 0 Å². The van der Waals surface area contributed by atoms with Gasteiger partial charge in [-0.3, -0.25) is 9.88 Å². The quantitative estimate of drug-likeness (QED) is 0.668. The molecule has 0 saturated heterocycles. The van der Waals surface area contributed by atoms with Crippen molar-refractivity contribution >= 4 is 11.3 Å². The molecule has 0 fully saturated rings. The molecular weight excluding hydrogens is 344 g/mol. The van der Waals surface area contributed by atoms with Gasteiger partial charge in [0.05, 0.1) is 25.5 Å². The van der Waals surface area contributed by atoms with Crippen LogP contribution in [0.5, 0.6) is 0 Å². The van der Waals surface area contributed by atoms with Gasteiger partial charge < -0.3 is 9.30 Å². The van der Waals surface area contributed by atoms with E-state index >= 15 is 0 Å². The van der Waals surface area contributed by atoms with Crippen LogP contribution >= 0.6 is 11.3 Å². The number of imidazole rings is 1. The van der Waals surface area contributed by atoms with Gasteiger partial charge >= 0.3 is 0 Å². The number of ether oxygens (including phenoxy) is 1. The number of pyridine rings is 1. The van der Waals surface area contributed by atoms with Crippen molar-refractivity contribution in [1.82, 2.24) is 19.4 Å². The summed E-state index contributed by atoms with van der Waals surface area (Å²) in [4.78, 5) is 14.2. The van der Waals surface area contributed by atoms with Crippen LogP contribution in [0.2, 0.25) is 0 Å². The number of hydrogen-bond donors (Lipinski definition) is 0. The van der Waals surface area contributed by atoms with Gasteiger partial charge in [0.1, 0.15) is 5.82 Å². The Morgan fingerprint density at radius 1 is 1.15 bits per heavy atom. The van der Waals surface area contributed by atoms with Crippen LogP contribution in [0.3, 0.4) is 0 Å². The molecule has 4 heterocycles. The monoisotopic (exact) mass is 368 g/mol. The zero-order valence-corrected chi connectivity index (χ0v) is 15.9. The predicted molar refractivity (Wildman–Crippen MR) is 103 cm³/mol. The average Bonchev–Trinajstić information content (AvgIpc) is 3.21. The Morgan fingerprint density at radius 2 is 2.12 bits per heavy atom. The third kappa shape index (κ3) is 4.38. The number of nitrogens with zero attached hydrogens (tertiary/aromatic N) is 4. The molecule has 0 amide bonds. The molecule has 0 unspecified atom stereocenters. The van der Waals surface area contributed by atoms with Crippen molar-refractivity contribution in [2.24, 2.45) is 5.92 Å². The Hall–Kier alpha value is -2.02. The predicted octanol–water partition coefficient (Wildman–Crippen LogP) is 3.50. The average molecular weight is 369 g/mol. The minimum Gasteiger partial charge on any atom is -0.375 e. The Bertz CT molecular complexity index is 829. The summed E-state index contributed by atoms with van der Waals surface area (Å²) < 4.78 is 8.26. The van der Waals surface area contributed by atoms with E-state index in [1.165, 1.54) is 9.75 Å². The van der Waals surface area contributed by atoms with Crippen molar-refractivity contribution in [3.63, 3.8) is 0 Å². The Labute approximate surface area is 158 Å². The third-order valence-corrected chi connectivity index (χ3v) is 5.63. The number of thiophene rings is 1. The van der Waals surface area contributed by atoms with E-state index in [0.717, 1.165) is 44.3 Å². The van der Waals surface area contributed by atoms with Crippen LogP contribution in [-0.2, 0) is 31.0 Å². The largest absolute Gasteiger partial charge is 0.375 e. The zero-order chi connectivity index (χ0) is 17.8. The maximum absolute atomic E-state index is 5.99. The molecule has 1 aliphatic heterocycles. The van der Waals surface area contributed by atoms with Gasteiger partial charge in [0.2, 0.25) is 0 Å². The highest BCUT2D eigenvalue weighted by Crippen LogP contribution is 2.22. The first-order valence-corrected chi connectivity index (χ1v) is 9.83. The summed E-state index contributed by atoms with van der Waals surface area (Å²) >= 11 is 1.88. The van der Waals surface area contributed by atoms with Crippen molar-refractivity contribution in [2.45, 2.75) is 33.2 Å². The molecule has 0 aromatic carbocycles. The van der Waals surface area contributed by atoms with Crippen LogP contribution in [0.15, 0.2) is 48.9 Å². The van der Waals surface area contributed by atoms with Crippen molar-refractivity contribution in [2.75, 3.05) is 13.2 Å². The van der Waals surface area contributed by atoms with E-state index in [9.17, 15) is 0 Å². The molecule has 1 atom stereocenters. The number of hydrogen-bond acceptors (Lipinski definition) is 5.